The van der Waals surface area contributed by atoms with Crippen molar-refractivity contribution in [1.29, 1.82) is 5.26 Å². The number of ether oxygens (including phenoxy) is 1. The Bertz CT molecular complexity index is 1370. The maximum absolute atomic E-state index is 14.8. The van der Waals surface area contributed by atoms with Crippen LogP contribution in [-0.2, 0) is 6.54 Å². The van der Waals surface area contributed by atoms with Crippen molar-refractivity contribution in [2.75, 3.05) is 17.2 Å². The number of nitrogens with two attached hydrogens (primary N) is 1. The molecule has 0 saturated carbocycles. The van der Waals surface area contributed by atoms with E-state index in [2.05, 4.69) is 49.6 Å². The molecule has 0 fully saturated rings. The topological polar surface area (TPSA) is 122 Å². The fraction of sp³-hybridized carbons (Fsp3) is 0.300. The summed E-state index contributed by atoms with van der Waals surface area (Å²) in [6, 6.07) is 6.52. The highest BCUT2D eigenvalue weighted by Gasteiger charge is 2.40. The zero-order chi connectivity index (χ0) is 25.7. The van der Waals surface area contributed by atoms with Crippen LogP contribution in [0.15, 0.2) is 24.4 Å². The molecule has 0 radical (unpaired) electrons. The van der Waals surface area contributed by atoms with Crippen molar-refractivity contribution < 1.29 is 13.9 Å². The van der Waals surface area contributed by atoms with E-state index in [-0.39, 0.29) is 35.1 Å². The number of anilines is 2. The van der Waals surface area contributed by atoms with Crippen molar-refractivity contribution in [1.82, 2.24) is 19.9 Å². The normalized spacial score (nSPS) is 16.9. The van der Waals surface area contributed by atoms with E-state index in [4.69, 9.17) is 15.5 Å². The maximum Gasteiger partial charge on any atom is 0.259 e. The number of carbonyl (C=O) groups is 1. The zero-order valence-corrected chi connectivity index (χ0v) is 20.8. The first kappa shape index (κ1) is 24.6. The summed E-state index contributed by atoms with van der Waals surface area (Å²) in [5.41, 5.74) is 6.90. The van der Waals surface area contributed by atoms with E-state index in [0.717, 1.165) is 0 Å². The van der Waals surface area contributed by atoms with E-state index in [0.29, 0.717) is 22.8 Å². The summed E-state index contributed by atoms with van der Waals surface area (Å²) in [6.45, 7) is 2.09. The molecular formula is C20H25B5FN7O2. The van der Waals surface area contributed by atoms with Crippen LogP contribution in [0.3, 0.4) is 0 Å². The Morgan fingerprint density at radius 3 is 2.66 bits per heavy atom. The van der Waals surface area contributed by atoms with Crippen molar-refractivity contribution in [2.45, 2.75) is 30.0 Å². The fourth-order valence-corrected chi connectivity index (χ4v) is 4.00. The summed E-state index contributed by atoms with van der Waals surface area (Å²) < 4.78 is 22.4. The van der Waals surface area contributed by atoms with Crippen LogP contribution in [0.5, 0.6) is 5.75 Å². The molecule has 2 bridgehead atoms. The van der Waals surface area contributed by atoms with Gasteiger partial charge in [0, 0.05) is 18.3 Å². The third kappa shape index (κ3) is 4.22. The Kier molecular flexibility index (Phi) is 6.03. The molecule has 15 heteroatoms. The molecule has 3 heterocycles. The van der Waals surface area contributed by atoms with Crippen LogP contribution in [0.25, 0.3) is 5.65 Å². The van der Waals surface area contributed by atoms with Crippen LogP contribution in [-0.4, -0.2) is 77.7 Å². The molecule has 1 atom stereocenters. The van der Waals surface area contributed by atoms with Crippen LogP contribution < -0.4 is 20.7 Å². The van der Waals surface area contributed by atoms with E-state index in [1.54, 1.807) is 19.2 Å². The van der Waals surface area contributed by atoms with Crippen LogP contribution in [0.2, 0.25) is 5.11 Å². The van der Waals surface area contributed by atoms with Crippen LogP contribution >= 0.6 is 0 Å². The van der Waals surface area contributed by atoms with Crippen LogP contribution in [0.4, 0.5) is 16.0 Å². The number of aromatic nitrogens is 3. The van der Waals surface area contributed by atoms with E-state index in [9.17, 15) is 14.4 Å². The molecule has 3 N–H and O–H groups in total. The van der Waals surface area contributed by atoms with Gasteiger partial charge < -0.3 is 20.7 Å². The molecule has 35 heavy (non-hydrogen) atoms. The minimum absolute atomic E-state index is 0.0642. The van der Waals surface area contributed by atoms with Gasteiger partial charge in [-0.1, -0.05) is 0 Å². The van der Waals surface area contributed by atoms with Gasteiger partial charge in [-0.25, -0.2) is 13.9 Å². The number of hydrogen-bond donors (Lipinski definition) is 2. The average Bonchev–Trinajstić information content (AvgIpc) is 3.11. The summed E-state index contributed by atoms with van der Waals surface area (Å²) in [5.74, 6) is -0.0761. The first-order chi connectivity index (χ1) is 16.3. The first-order valence-corrected chi connectivity index (χ1v) is 11.4. The lowest BCUT2D eigenvalue weighted by atomic mass is 9.26. The summed E-state index contributed by atoms with van der Waals surface area (Å²) in [4.78, 5) is 19.8. The second-order valence-corrected chi connectivity index (χ2v) is 10.4. The zero-order valence-electron chi connectivity index (χ0n) is 20.8. The number of nitrogens with one attached hydrogen (secondary N) is 1. The number of carbonyl (C=O) groups excluding carboxylic acids is 1. The maximum atomic E-state index is 14.8. The highest BCUT2D eigenvalue weighted by Crippen LogP contribution is 2.37. The Morgan fingerprint density at radius 2 is 2.00 bits per heavy atom. The van der Waals surface area contributed by atoms with Crippen molar-refractivity contribution in [3.63, 3.8) is 0 Å². The molecule has 9 nitrogen and oxygen atoms in total. The van der Waals surface area contributed by atoms with Crippen molar-refractivity contribution in [2.24, 2.45) is 0 Å². The molecule has 1 aliphatic heterocycles. The number of hydrogen-bond acceptors (Lipinski definition) is 7. The molecule has 1 aliphatic rings. The minimum atomic E-state index is -0.622. The molecule has 0 unspecified atom stereocenters. The number of amides is 1. The Hall–Kier alpha value is -3.55. The number of benzene rings is 1. The van der Waals surface area contributed by atoms with Crippen molar-refractivity contribution in [3.05, 3.63) is 46.9 Å². The Labute approximate surface area is 207 Å². The van der Waals surface area contributed by atoms with E-state index < -0.39 is 23.2 Å². The highest BCUT2D eigenvalue weighted by molar-refractivity contribution is 6.67. The molecule has 4 rings (SSSR count). The molecule has 174 valence electrons. The van der Waals surface area contributed by atoms with Crippen molar-refractivity contribution >= 4 is 62.4 Å². The number of nitrogen functional groups attached to an aromatic ring is 1. The number of nitrogens with zero attached hydrogens (tertiary/aromatic N) is 5. The standard InChI is InChI=1S/C20H25B5FN7O2/c1-9-7-29-18(34)15-16(28)31-33-5-4-14(30-17(15)33)32(20(24,25)19(21,22)23)8-11-10(6-27)12(26)2-3-13(11)35-9/h2-5,9H,7-8,21-25H2,1H3,(H2,28,31)(H,29,34)/t9-/m0/s1. The highest BCUT2D eigenvalue weighted by atomic mass is 19.1. The van der Waals surface area contributed by atoms with Gasteiger partial charge in [-0.3, -0.25) is 4.79 Å². The van der Waals surface area contributed by atoms with Gasteiger partial charge in [-0.15, -0.1) is 10.2 Å². The molecule has 0 aliphatic carbocycles. The monoisotopic (exact) mass is 469 g/mol. The number of fused-ring (bicyclic) bond motifs is 2. The smallest absolute Gasteiger partial charge is 0.259 e. The summed E-state index contributed by atoms with van der Waals surface area (Å²) in [5, 5.41) is 16.1. The third-order valence-electron chi connectivity index (χ3n) is 7.04. The largest absolute Gasteiger partial charge is 0.488 e. The van der Waals surface area contributed by atoms with E-state index in [1.807, 2.05) is 11.0 Å². The van der Waals surface area contributed by atoms with Gasteiger partial charge in [-0.2, -0.15) is 5.26 Å². The Balaban J connectivity index is 2.03. The lowest BCUT2D eigenvalue weighted by molar-refractivity contribution is 0.0934. The van der Waals surface area contributed by atoms with E-state index in [1.165, 1.54) is 16.6 Å². The van der Waals surface area contributed by atoms with Gasteiger partial charge in [0.2, 0.25) is 0 Å². The second kappa shape index (κ2) is 8.59. The fourth-order valence-electron chi connectivity index (χ4n) is 4.00. The van der Waals surface area contributed by atoms with Crippen molar-refractivity contribution in [3.8, 4) is 11.8 Å². The summed E-state index contributed by atoms with van der Waals surface area (Å²) >= 11 is 0. The quantitative estimate of drug-likeness (QED) is 0.379. The van der Waals surface area contributed by atoms with Crippen LogP contribution in [0.1, 0.15) is 28.4 Å². The minimum Gasteiger partial charge on any atom is -0.488 e. The predicted octanol–water partition coefficient (Wildman–Crippen LogP) is -3.27. The van der Waals surface area contributed by atoms with Gasteiger partial charge in [0.1, 0.15) is 50.8 Å². The van der Waals surface area contributed by atoms with Gasteiger partial charge in [-0.05, 0) is 30.5 Å². The molecule has 1 aromatic carbocycles. The molecule has 1 amide bonds. The molecular weight excluding hydrogens is 443 g/mol. The van der Waals surface area contributed by atoms with Gasteiger partial charge in [0.15, 0.2) is 11.5 Å². The van der Waals surface area contributed by atoms with Gasteiger partial charge in [0.05, 0.1) is 35.6 Å². The van der Waals surface area contributed by atoms with Gasteiger partial charge >= 0.3 is 0 Å². The lowest BCUT2D eigenvalue weighted by Crippen LogP contribution is -2.59. The SMILES string of the molecule is BC(B)(B)C(B)(B)N1Cc2c(ccc(F)c2C#N)O[C@@H](C)CNC(=O)c2c(N)nn3ccc1nc23. The Morgan fingerprint density at radius 1 is 1.29 bits per heavy atom. The molecule has 0 saturated heterocycles. The molecule has 3 aromatic rings. The first-order valence-electron chi connectivity index (χ1n) is 11.4. The predicted molar refractivity (Wildman–Crippen MR) is 145 cm³/mol. The average molecular weight is 469 g/mol. The number of nitriles is 1. The van der Waals surface area contributed by atoms with Crippen LogP contribution in [0, 0.1) is 17.1 Å². The molecule has 2 aromatic heterocycles. The summed E-state index contributed by atoms with van der Waals surface area (Å²) in [6.07, 6.45) is 1.22. The number of halogens is 1. The number of rotatable bonds is 2. The summed E-state index contributed by atoms with van der Waals surface area (Å²) in [7, 11) is 10.4. The second-order valence-electron chi connectivity index (χ2n) is 10.4. The lowest BCUT2D eigenvalue weighted by Gasteiger charge is -2.50. The van der Waals surface area contributed by atoms with E-state index >= 15 is 0 Å². The third-order valence-corrected chi connectivity index (χ3v) is 7.04. The molecule has 0 spiro atoms. The van der Waals surface area contributed by atoms with Gasteiger partial charge in [0.25, 0.3) is 5.91 Å².